The number of aryl methyl sites for hydroxylation is 1. The minimum atomic E-state index is -0.141. The van der Waals surface area contributed by atoms with Gasteiger partial charge in [-0.15, -0.1) is 0 Å². The normalized spacial score (nSPS) is 15.8. The minimum Gasteiger partial charge on any atom is -0.348 e. The molecule has 1 aliphatic heterocycles. The van der Waals surface area contributed by atoms with Crippen LogP contribution in [0.3, 0.4) is 0 Å². The molecule has 6 heteroatoms. The number of fused-ring (bicyclic) bond motifs is 1. The van der Waals surface area contributed by atoms with Gasteiger partial charge in [-0.05, 0) is 6.92 Å². The van der Waals surface area contributed by atoms with E-state index in [9.17, 15) is 4.79 Å². The zero-order chi connectivity index (χ0) is 15.9. The van der Waals surface area contributed by atoms with Crippen molar-refractivity contribution in [1.82, 2.24) is 24.8 Å². The highest BCUT2D eigenvalue weighted by Crippen LogP contribution is 2.21. The van der Waals surface area contributed by atoms with Crippen molar-refractivity contribution in [2.24, 2.45) is 0 Å². The zero-order valence-corrected chi connectivity index (χ0v) is 13.7. The van der Waals surface area contributed by atoms with Gasteiger partial charge < -0.3 is 9.97 Å². The molecule has 0 saturated carbocycles. The average Bonchev–Trinajstić information content (AvgIpc) is 2.84. The number of rotatable bonds is 2. The Kier molecular flexibility index (Phi) is 3.64. The van der Waals surface area contributed by atoms with Crippen LogP contribution in [0.25, 0.3) is 0 Å². The molecule has 1 aliphatic rings. The van der Waals surface area contributed by atoms with E-state index < -0.39 is 0 Å². The molecule has 0 saturated heterocycles. The second kappa shape index (κ2) is 5.35. The van der Waals surface area contributed by atoms with Crippen LogP contribution < -0.4 is 5.56 Å². The molecular formula is C16H23N5O. The lowest BCUT2D eigenvalue weighted by molar-refractivity contribution is 0.238. The Bertz CT molecular complexity index is 738. The van der Waals surface area contributed by atoms with Crippen LogP contribution in [0.15, 0.2) is 11.1 Å². The molecule has 0 atom stereocenters. The topological polar surface area (TPSA) is 77.7 Å². The van der Waals surface area contributed by atoms with E-state index in [4.69, 9.17) is 4.98 Å². The molecule has 3 rings (SSSR count). The molecule has 2 aromatic rings. The fourth-order valence-corrected chi connectivity index (χ4v) is 2.73. The second-order valence-corrected chi connectivity index (χ2v) is 7.02. The van der Waals surface area contributed by atoms with Crippen molar-refractivity contribution in [3.05, 3.63) is 45.2 Å². The average molecular weight is 301 g/mol. The molecule has 0 radical (unpaired) electrons. The molecule has 0 aromatic carbocycles. The van der Waals surface area contributed by atoms with Crippen LogP contribution >= 0.6 is 0 Å². The number of hydrogen-bond donors (Lipinski definition) is 2. The molecule has 0 amide bonds. The summed E-state index contributed by atoms with van der Waals surface area (Å²) < 4.78 is 0. The van der Waals surface area contributed by atoms with Crippen molar-refractivity contribution >= 4 is 0 Å². The van der Waals surface area contributed by atoms with E-state index in [1.54, 1.807) is 6.33 Å². The first-order valence-corrected chi connectivity index (χ1v) is 7.68. The highest BCUT2D eigenvalue weighted by atomic mass is 16.1. The fraction of sp³-hybridized carbons (Fsp3) is 0.562. The maximum Gasteiger partial charge on any atom is 0.255 e. The third-order valence-electron chi connectivity index (χ3n) is 4.17. The van der Waals surface area contributed by atoms with Crippen LogP contribution in [0.5, 0.6) is 0 Å². The summed E-state index contributed by atoms with van der Waals surface area (Å²) in [6.45, 7) is 10.5. The first-order chi connectivity index (χ1) is 10.3. The number of imidazole rings is 1. The molecule has 3 heterocycles. The van der Waals surface area contributed by atoms with Gasteiger partial charge in [-0.2, -0.15) is 0 Å². The van der Waals surface area contributed by atoms with E-state index in [-0.39, 0.29) is 11.0 Å². The Morgan fingerprint density at radius 3 is 2.77 bits per heavy atom. The number of aromatic nitrogens is 4. The van der Waals surface area contributed by atoms with Crippen LogP contribution in [0.4, 0.5) is 0 Å². The van der Waals surface area contributed by atoms with Crippen molar-refractivity contribution in [2.75, 3.05) is 6.54 Å². The van der Waals surface area contributed by atoms with Crippen LogP contribution in [0.2, 0.25) is 0 Å². The predicted molar refractivity (Wildman–Crippen MR) is 84.7 cm³/mol. The molecule has 0 aliphatic carbocycles. The molecule has 0 fully saturated rings. The van der Waals surface area contributed by atoms with E-state index in [1.807, 2.05) is 6.92 Å². The molecule has 22 heavy (non-hydrogen) atoms. The summed E-state index contributed by atoms with van der Waals surface area (Å²) in [5, 5.41) is 0. The van der Waals surface area contributed by atoms with Gasteiger partial charge in [0.2, 0.25) is 0 Å². The van der Waals surface area contributed by atoms with Crippen LogP contribution in [-0.4, -0.2) is 31.4 Å². The maximum absolute atomic E-state index is 12.4. The quantitative estimate of drug-likeness (QED) is 0.884. The van der Waals surface area contributed by atoms with E-state index in [0.717, 1.165) is 48.0 Å². The molecule has 0 unspecified atom stereocenters. The van der Waals surface area contributed by atoms with Crippen LogP contribution in [0.1, 0.15) is 49.2 Å². The maximum atomic E-state index is 12.4. The van der Waals surface area contributed by atoms with Gasteiger partial charge in [-0.25, -0.2) is 9.97 Å². The Balaban J connectivity index is 1.85. The van der Waals surface area contributed by atoms with Gasteiger partial charge in [0.1, 0.15) is 5.82 Å². The van der Waals surface area contributed by atoms with Crippen molar-refractivity contribution in [3.8, 4) is 0 Å². The van der Waals surface area contributed by atoms with Gasteiger partial charge in [-0.3, -0.25) is 9.69 Å². The Labute approximate surface area is 130 Å². The predicted octanol–water partition coefficient (Wildman–Crippen LogP) is 1.66. The highest BCUT2D eigenvalue weighted by molar-refractivity contribution is 5.23. The summed E-state index contributed by atoms with van der Waals surface area (Å²) in [6, 6.07) is 0. The number of H-pyrrole nitrogens is 2. The largest absolute Gasteiger partial charge is 0.348 e. The first kappa shape index (κ1) is 15.0. The first-order valence-electron chi connectivity index (χ1n) is 7.68. The van der Waals surface area contributed by atoms with Crippen molar-refractivity contribution < 1.29 is 0 Å². The zero-order valence-electron chi connectivity index (χ0n) is 13.7. The molecular weight excluding hydrogens is 278 g/mol. The Morgan fingerprint density at radius 1 is 1.36 bits per heavy atom. The Hall–Kier alpha value is -1.95. The second-order valence-electron chi connectivity index (χ2n) is 7.02. The van der Waals surface area contributed by atoms with E-state index in [1.165, 1.54) is 0 Å². The summed E-state index contributed by atoms with van der Waals surface area (Å²) in [7, 11) is 0. The third-order valence-corrected chi connectivity index (χ3v) is 4.17. The van der Waals surface area contributed by atoms with Crippen LogP contribution in [-0.2, 0) is 24.9 Å². The summed E-state index contributed by atoms with van der Waals surface area (Å²) in [4.78, 5) is 29.7. The summed E-state index contributed by atoms with van der Waals surface area (Å²) in [5.41, 5.74) is 3.73. The molecule has 2 aromatic heterocycles. The number of hydrogen-bond acceptors (Lipinski definition) is 4. The summed E-state index contributed by atoms with van der Waals surface area (Å²) >= 11 is 0. The minimum absolute atomic E-state index is 0.00150. The van der Waals surface area contributed by atoms with Crippen LogP contribution in [0, 0.1) is 6.92 Å². The highest BCUT2D eigenvalue weighted by Gasteiger charge is 2.25. The lowest BCUT2D eigenvalue weighted by atomic mass is 9.95. The van der Waals surface area contributed by atoms with Gasteiger partial charge in [0, 0.05) is 37.2 Å². The van der Waals surface area contributed by atoms with Crippen molar-refractivity contribution in [2.45, 2.75) is 52.6 Å². The van der Waals surface area contributed by atoms with Crippen molar-refractivity contribution in [1.29, 1.82) is 0 Å². The van der Waals surface area contributed by atoms with Gasteiger partial charge in [0.05, 0.1) is 23.3 Å². The lowest BCUT2D eigenvalue weighted by Crippen LogP contribution is -2.37. The lowest BCUT2D eigenvalue weighted by Gasteiger charge is -2.28. The smallest absolute Gasteiger partial charge is 0.255 e. The standard InChI is InChI=1S/C16H23N5O/c1-10-13(18-9-17-10)8-21-6-5-12-11(7-21)14(22)20-15(19-12)16(2,3)4/h9H,5-8H2,1-4H3,(H,17,18)(H,19,20,22). The van der Waals surface area contributed by atoms with Gasteiger partial charge in [0.15, 0.2) is 0 Å². The molecule has 118 valence electrons. The fourth-order valence-electron chi connectivity index (χ4n) is 2.73. The number of aromatic amines is 2. The van der Waals surface area contributed by atoms with Gasteiger partial charge in [-0.1, -0.05) is 20.8 Å². The van der Waals surface area contributed by atoms with Crippen molar-refractivity contribution in [3.63, 3.8) is 0 Å². The Morgan fingerprint density at radius 2 is 2.14 bits per heavy atom. The number of nitrogens with one attached hydrogen (secondary N) is 2. The van der Waals surface area contributed by atoms with E-state index in [2.05, 4.69) is 40.6 Å². The summed E-state index contributed by atoms with van der Waals surface area (Å²) in [5.74, 6) is 0.771. The van der Waals surface area contributed by atoms with E-state index >= 15 is 0 Å². The summed E-state index contributed by atoms with van der Waals surface area (Å²) in [6.07, 6.45) is 2.53. The molecule has 2 N–H and O–H groups in total. The third kappa shape index (κ3) is 2.83. The molecule has 0 bridgehead atoms. The van der Waals surface area contributed by atoms with Gasteiger partial charge >= 0.3 is 0 Å². The van der Waals surface area contributed by atoms with E-state index in [0.29, 0.717) is 6.54 Å². The molecule has 6 nitrogen and oxygen atoms in total. The SMILES string of the molecule is Cc1[nH]cnc1CN1CCc2nc(C(C)(C)C)[nH]c(=O)c2C1. The number of nitrogens with zero attached hydrogens (tertiary/aromatic N) is 3. The van der Waals surface area contributed by atoms with Gasteiger partial charge in [0.25, 0.3) is 5.56 Å². The molecule has 0 spiro atoms. The monoisotopic (exact) mass is 301 g/mol.